The molecule has 0 bridgehead atoms. The van der Waals surface area contributed by atoms with Crippen molar-refractivity contribution in [3.63, 3.8) is 0 Å². The lowest BCUT2D eigenvalue weighted by Gasteiger charge is -2.04. The summed E-state index contributed by atoms with van der Waals surface area (Å²) in [6, 6.07) is 2.71. The third-order valence-corrected chi connectivity index (χ3v) is 2.05. The van der Waals surface area contributed by atoms with Gasteiger partial charge in [-0.05, 0) is 13.0 Å². The Morgan fingerprint density at radius 2 is 2.12 bits per heavy atom. The van der Waals surface area contributed by atoms with Crippen molar-refractivity contribution < 1.29 is 9.59 Å². The van der Waals surface area contributed by atoms with Gasteiger partial charge in [-0.25, -0.2) is 0 Å². The fraction of sp³-hybridized carbons (Fsp3) is 0.364. The second-order valence-electron chi connectivity index (χ2n) is 3.40. The molecular formula is C11H15N3O3. The van der Waals surface area contributed by atoms with E-state index in [-0.39, 0.29) is 35.9 Å². The number of hydrogen-bond acceptors (Lipinski definition) is 3. The Bertz CT molecular complexity index is 453. The molecule has 0 saturated heterocycles. The maximum absolute atomic E-state index is 11.5. The quantitative estimate of drug-likeness (QED) is 0.652. The smallest absolute Gasteiger partial charge is 0.251 e. The molecule has 1 heterocycles. The molecule has 1 rings (SSSR count). The van der Waals surface area contributed by atoms with Crippen LogP contribution in [0.3, 0.4) is 0 Å². The van der Waals surface area contributed by atoms with Crippen LogP contribution in [-0.4, -0.2) is 29.9 Å². The van der Waals surface area contributed by atoms with Crippen LogP contribution in [0.4, 0.5) is 0 Å². The van der Waals surface area contributed by atoms with Crippen molar-refractivity contribution in [2.75, 3.05) is 13.1 Å². The van der Waals surface area contributed by atoms with Gasteiger partial charge in [0.15, 0.2) is 0 Å². The van der Waals surface area contributed by atoms with Gasteiger partial charge in [-0.15, -0.1) is 0 Å². The molecule has 17 heavy (non-hydrogen) atoms. The van der Waals surface area contributed by atoms with Crippen molar-refractivity contribution in [1.29, 1.82) is 0 Å². The van der Waals surface area contributed by atoms with E-state index in [1.54, 1.807) is 0 Å². The van der Waals surface area contributed by atoms with Crippen molar-refractivity contribution in [1.82, 2.24) is 15.6 Å². The first kappa shape index (κ1) is 13.0. The van der Waals surface area contributed by atoms with Gasteiger partial charge in [-0.2, -0.15) is 0 Å². The SMILES string of the molecule is CCNC(=O)CCNC(=O)c1cc[nH]c(=O)c1. The maximum atomic E-state index is 11.5. The molecule has 0 aliphatic heterocycles. The maximum Gasteiger partial charge on any atom is 0.251 e. The average molecular weight is 237 g/mol. The fourth-order valence-electron chi connectivity index (χ4n) is 1.26. The van der Waals surface area contributed by atoms with Gasteiger partial charge >= 0.3 is 0 Å². The number of carbonyl (C=O) groups is 2. The molecule has 1 aromatic rings. The van der Waals surface area contributed by atoms with E-state index in [1.165, 1.54) is 18.3 Å². The van der Waals surface area contributed by atoms with Crippen LogP contribution in [-0.2, 0) is 4.79 Å². The van der Waals surface area contributed by atoms with Crippen LogP contribution in [0, 0.1) is 0 Å². The monoisotopic (exact) mass is 237 g/mol. The van der Waals surface area contributed by atoms with Gasteiger partial charge in [-0.3, -0.25) is 14.4 Å². The molecule has 0 radical (unpaired) electrons. The minimum Gasteiger partial charge on any atom is -0.356 e. The second-order valence-corrected chi connectivity index (χ2v) is 3.40. The van der Waals surface area contributed by atoms with Crippen LogP contribution >= 0.6 is 0 Å². The number of aromatic amines is 1. The van der Waals surface area contributed by atoms with Crippen LogP contribution in [0.25, 0.3) is 0 Å². The van der Waals surface area contributed by atoms with E-state index in [9.17, 15) is 14.4 Å². The van der Waals surface area contributed by atoms with E-state index in [0.29, 0.717) is 6.54 Å². The molecule has 0 aromatic carbocycles. The van der Waals surface area contributed by atoms with Gasteiger partial charge in [0.2, 0.25) is 11.5 Å². The van der Waals surface area contributed by atoms with E-state index >= 15 is 0 Å². The minimum absolute atomic E-state index is 0.112. The Hall–Kier alpha value is -2.11. The number of pyridine rings is 1. The summed E-state index contributed by atoms with van der Waals surface area (Å²) in [7, 11) is 0. The summed E-state index contributed by atoms with van der Waals surface area (Å²) in [5.74, 6) is -0.473. The summed E-state index contributed by atoms with van der Waals surface area (Å²) in [6.07, 6.45) is 1.63. The van der Waals surface area contributed by atoms with Gasteiger partial charge in [0.05, 0.1) is 0 Å². The predicted molar refractivity (Wildman–Crippen MR) is 62.7 cm³/mol. The Balaban J connectivity index is 2.40. The molecule has 0 aliphatic rings. The van der Waals surface area contributed by atoms with E-state index in [0.717, 1.165) is 0 Å². The number of H-pyrrole nitrogens is 1. The predicted octanol–water partition coefficient (Wildman–Crippen LogP) is -0.369. The fourth-order valence-corrected chi connectivity index (χ4v) is 1.26. The molecule has 2 amide bonds. The molecule has 0 saturated carbocycles. The molecule has 3 N–H and O–H groups in total. The number of aromatic nitrogens is 1. The average Bonchev–Trinajstić information content (AvgIpc) is 2.29. The first-order valence-corrected chi connectivity index (χ1v) is 5.37. The third kappa shape index (κ3) is 4.50. The van der Waals surface area contributed by atoms with E-state index < -0.39 is 0 Å². The second kappa shape index (κ2) is 6.47. The highest BCUT2D eigenvalue weighted by molar-refractivity contribution is 5.94. The van der Waals surface area contributed by atoms with Gasteiger partial charge in [0.25, 0.3) is 5.91 Å². The van der Waals surface area contributed by atoms with Crippen LogP contribution < -0.4 is 16.2 Å². The van der Waals surface area contributed by atoms with Crippen molar-refractivity contribution >= 4 is 11.8 Å². The van der Waals surface area contributed by atoms with Gasteiger partial charge < -0.3 is 15.6 Å². The summed E-state index contributed by atoms with van der Waals surface area (Å²) >= 11 is 0. The number of hydrogen-bond donors (Lipinski definition) is 3. The Kier molecular flexibility index (Phi) is 4.93. The molecule has 0 aliphatic carbocycles. The van der Waals surface area contributed by atoms with Crippen molar-refractivity contribution in [3.8, 4) is 0 Å². The zero-order chi connectivity index (χ0) is 12.7. The standard InChI is InChI=1S/C11H15N3O3/c1-2-12-9(15)4-6-14-11(17)8-3-5-13-10(16)7-8/h3,5,7H,2,4,6H2,1H3,(H,12,15)(H,13,16)(H,14,17). The number of carbonyl (C=O) groups excluding carboxylic acids is 2. The molecule has 1 aromatic heterocycles. The lowest BCUT2D eigenvalue weighted by atomic mass is 10.2. The van der Waals surface area contributed by atoms with Gasteiger partial charge in [0.1, 0.15) is 0 Å². The summed E-state index contributed by atoms with van der Waals surface area (Å²) in [5, 5.41) is 5.19. The molecule has 92 valence electrons. The van der Waals surface area contributed by atoms with Crippen LogP contribution in [0.5, 0.6) is 0 Å². The van der Waals surface area contributed by atoms with E-state index in [4.69, 9.17) is 0 Å². The molecular weight excluding hydrogens is 222 g/mol. The zero-order valence-electron chi connectivity index (χ0n) is 9.58. The van der Waals surface area contributed by atoms with Crippen LogP contribution in [0.15, 0.2) is 23.1 Å². The normalized spacial score (nSPS) is 9.71. The molecule has 0 unspecified atom stereocenters. The topological polar surface area (TPSA) is 91.1 Å². The van der Waals surface area contributed by atoms with Crippen LogP contribution in [0.1, 0.15) is 23.7 Å². The minimum atomic E-state index is -0.361. The molecule has 0 fully saturated rings. The largest absolute Gasteiger partial charge is 0.356 e. The first-order valence-electron chi connectivity index (χ1n) is 5.37. The first-order chi connectivity index (χ1) is 8.13. The van der Waals surface area contributed by atoms with Gasteiger partial charge in [-0.1, -0.05) is 0 Å². The van der Waals surface area contributed by atoms with Crippen molar-refractivity contribution in [2.24, 2.45) is 0 Å². The van der Waals surface area contributed by atoms with Gasteiger partial charge in [0, 0.05) is 37.3 Å². The molecule has 6 heteroatoms. The highest BCUT2D eigenvalue weighted by Crippen LogP contribution is 1.92. The summed E-state index contributed by atoms with van der Waals surface area (Å²) in [5.41, 5.74) is -0.0500. The lowest BCUT2D eigenvalue weighted by molar-refractivity contribution is -0.120. The summed E-state index contributed by atoms with van der Waals surface area (Å²) < 4.78 is 0. The number of amides is 2. The van der Waals surface area contributed by atoms with Crippen molar-refractivity contribution in [3.05, 3.63) is 34.2 Å². The van der Waals surface area contributed by atoms with E-state index in [2.05, 4.69) is 15.6 Å². The summed E-state index contributed by atoms with van der Waals surface area (Å²) in [6.45, 7) is 2.64. The van der Waals surface area contributed by atoms with E-state index in [1.807, 2.05) is 6.92 Å². The van der Waals surface area contributed by atoms with Crippen molar-refractivity contribution in [2.45, 2.75) is 13.3 Å². The Labute approximate surface area is 98.4 Å². The molecule has 0 atom stereocenters. The summed E-state index contributed by atoms with van der Waals surface area (Å²) in [4.78, 5) is 36.0. The molecule has 0 spiro atoms. The number of nitrogens with one attached hydrogen (secondary N) is 3. The third-order valence-electron chi connectivity index (χ3n) is 2.05. The molecule has 6 nitrogen and oxygen atoms in total. The lowest BCUT2D eigenvalue weighted by Crippen LogP contribution is -2.31. The Morgan fingerprint density at radius 1 is 1.35 bits per heavy atom. The van der Waals surface area contributed by atoms with Crippen LogP contribution in [0.2, 0.25) is 0 Å². The highest BCUT2D eigenvalue weighted by atomic mass is 16.2. The zero-order valence-corrected chi connectivity index (χ0v) is 9.58. The number of rotatable bonds is 5. The Morgan fingerprint density at radius 3 is 2.76 bits per heavy atom. The highest BCUT2D eigenvalue weighted by Gasteiger charge is 2.06.